The zero-order chi connectivity index (χ0) is 13.8. The predicted octanol–water partition coefficient (Wildman–Crippen LogP) is 4.86. The SMILES string of the molecule is CCOc1ccc(C(Cl)c2cc(C)cc(F)c2)cc1. The van der Waals surface area contributed by atoms with Crippen LogP contribution in [0.3, 0.4) is 0 Å². The van der Waals surface area contributed by atoms with Crippen LogP contribution < -0.4 is 4.74 Å². The van der Waals surface area contributed by atoms with E-state index in [1.165, 1.54) is 12.1 Å². The van der Waals surface area contributed by atoms with Gasteiger partial charge in [-0.25, -0.2) is 4.39 Å². The minimum Gasteiger partial charge on any atom is -0.494 e. The van der Waals surface area contributed by atoms with Crippen molar-refractivity contribution in [3.05, 3.63) is 65.0 Å². The number of alkyl halides is 1. The second-order valence-corrected chi connectivity index (χ2v) is 4.86. The number of benzene rings is 2. The molecule has 2 aromatic rings. The third-order valence-corrected chi connectivity index (χ3v) is 3.34. The lowest BCUT2D eigenvalue weighted by Crippen LogP contribution is -1.96. The van der Waals surface area contributed by atoms with Gasteiger partial charge in [-0.3, -0.25) is 0 Å². The quantitative estimate of drug-likeness (QED) is 0.726. The highest BCUT2D eigenvalue weighted by atomic mass is 35.5. The van der Waals surface area contributed by atoms with E-state index in [9.17, 15) is 4.39 Å². The molecule has 1 nitrogen and oxygen atoms in total. The minimum atomic E-state index is -0.356. The number of ether oxygens (including phenoxy) is 1. The second-order valence-electron chi connectivity index (χ2n) is 4.43. The van der Waals surface area contributed by atoms with Gasteiger partial charge < -0.3 is 4.74 Å². The van der Waals surface area contributed by atoms with Crippen molar-refractivity contribution in [1.82, 2.24) is 0 Å². The Morgan fingerprint density at radius 1 is 1.11 bits per heavy atom. The molecular weight excluding hydrogens is 263 g/mol. The maximum absolute atomic E-state index is 13.4. The van der Waals surface area contributed by atoms with Crippen LogP contribution in [-0.4, -0.2) is 6.61 Å². The van der Waals surface area contributed by atoms with Gasteiger partial charge in [-0.1, -0.05) is 18.2 Å². The summed E-state index contributed by atoms with van der Waals surface area (Å²) in [6.07, 6.45) is 0. The largest absolute Gasteiger partial charge is 0.494 e. The Bertz CT molecular complexity index is 531. The van der Waals surface area contributed by atoms with E-state index < -0.39 is 0 Å². The molecule has 0 aliphatic carbocycles. The monoisotopic (exact) mass is 278 g/mol. The number of rotatable bonds is 4. The molecule has 0 saturated heterocycles. The molecule has 0 bridgehead atoms. The van der Waals surface area contributed by atoms with Crippen molar-refractivity contribution in [2.75, 3.05) is 6.61 Å². The molecule has 3 heteroatoms. The van der Waals surface area contributed by atoms with E-state index in [1.54, 1.807) is 0 Å². The van der Waals surface area contributed by atoms with Crippen molar-refractivity contribution in [2.24, 2.45) is 0 Å². The molecular formula is C16H16ClFO. The Hall–Kier alpha value is -1.54. The summed E-state index contributed by atoms with van der Waals surface area (Å²) in [4.78, 5) is 0. The molecule has 2 rings (SSSR count). The van der Waals surface area contributed by atoms with Crippen LogP contribution in [0.25, 0.3) is 0 Å². The standard InChI is InChI=1S/C16H16ClFO/c1-3-19-15-6-4-12(5-7-15)16(17)13-8-11(2)9-14(18)10-13/h4-10,16H,3H2,1-2H3. The normalized spacial score (nSPS) is 12.2. The highest BCUT2D eigenvalue weighted by Gasteiger charge is 2.12. The zero-order valence-electron chi connectivity index (χ0n) is 11.0. The molecule has 0 fully saturated rings. The zero-order valence-corrected chi connectivity index (χ0v) is 11.7. The van der Waals surface area contributed by atoms with E-state index in [1.807, 2.05) is 44.2 Å². The molecule has 19 heavy (non-hydrogen) atoms. The highest BCUT2D eigenvalue weighted by Crippen LogP contribution is 2.30. The summed E-state index contributed by atoms with van der Waals surface area (Å²) < 4.78 is 18.8. The first-order valence-corrected chi connectivity index (χ1v) is 6.67. The van der Waals surface area contributed by atoms with Gasteiger partial charge in [-0.15, -0.1) is 11.6 Å². The van der Waals surface area contributed by atoms with E-state index in [-0.39, 0.29) is 11.2 Å². The van der Waals surface area contributed by atoms with Crippen molar-refractivity contribution in [3.8, 4) is 5.75 Å². The predicted molar refractivity (Wildman–Crippen MR) is 76.4 cm³/mol. The van der Waals surface area contributed by atoms with E-state index in [4.69, 9.17) is 16.3 Å². The van der Waals surface area contributed by atoms with Crippen LogP contribution in [0, 0.1) is 12.7 Å². The third-order valence-electron chi connectivity index (χ3n) is 2.84. The lowest BCUT2D eigenvalue weighted by Gasteiger charge is -2.12. The van der Waals surface area contributed by atoms with Crippen LogP contribution in [0.1, 0.15) is 29.0 Å². The molecule has 1 atom stereocenters. The average molecular weight is 279 g/mol. The molecule has 0 saturated carbocycles. The maximum atomic E-state index is 13.4. The van der Waals surface area contributed by atoms with Gasteiger partial charge in [0.1, 0.15) is 11.6 Å². The Balaban J connectivity index is 2.25. The van der Waals surface area contributed by atoms with Crippen LogP contribution in [0.4, 0.5) is 4.39 Å². The summed E-state index contributed by atoms with van der Waals surface area (Å²) in [5.41, 5.74) is 2.56. The summed E-state index contributed by atoms with van der Waals surface area (Å²) in [6.45, 7) is 4.43. The summed E-state index contributed by atoms with van der Waals surface area (Å²) in [6, 6.07) is 12.4. The first kappa shape index (κ1) is 13.9. The van der Waals surface area contributed by atoms with Crippen molar-refractivity contribution in [1.29, 1.82) is 0 Å². The fourth-order valence-electron chi connectivity index (χ4n) is 2.00. The Labute approximate surface area is 118 Å². The molecule has 0 radical (unpaired) electrons. The van der Waals surface area contributed by atoms with Gasteiger partial charge in [0.15, 0.2) is 0 Å². The number of aryl methyl sites for hydroxylation is 1. The molecule has 2 aromatic carbocycles. The van der Waals surface area contributed by atoms with Gasteiger partial charge in [-0.05, 0) is 54.8 Å². The van der Waals surface area contributed by atoms with Crippen molar-refractivity contribution in [2.45, 2.75) is 19.2 Å². The number of halogens is 2. The summed E-state index contributed by atoms with van der Waals surface area (Å²) >= 11 is 6.40. The van der Waals surface area contributed by atoms with E-state index in [2.05, 4.69) is 0 Å². The van der Waals surface area contributed by atoms with Gasteiger partial charge in [0.25, 0.3) is 0 Å². The van der Waals surface area contributed by atoms with Crippen LogP contribution in [-0.2, 0) is 0 Å². The van der Waals surface area contributed by atoms with E-state index >= 15 is 0 Å². The molecule has 0 aliphatic heterocycles. The molecule has 0 amide bonds. The van der Waals surface area contributed by atoms with Gasteiger partial charge in [0.05, 0.1) is 12.0 Å². The third kappa shape index (κ3) is 3.48. The summed E-state index contributed by atoms with van der Waals surface area (Å²) in [7, 11) is 0. The van der Waals surface area contributed by atoms with Gasteiger partial charge >= 0.3 is 0 Å². The lowest BCUT2D eigenvalue weighted by molar-refractivity contribution is 0.340. The summed E-state index contributed by atoms with van der Waals surface area (Å²) in [5, 5.41) is -0.356. The lowest BCUT2D eigenvalue weighted by atomic mass is 10.0. The Kier molecular flexibility index (Phi) is 4.43. The van der Waals surface area contributed by atoms with E-state index in [0.29, 0.717) is 6.61 Å². The molecule has 0 heterocycles. The van der Waals surface area contributed by atoms with Crippen LogP contribution in [0.15, 0.2) is 42.5 Å². The molecule has 0 aromatic heterocycles. The van der Waals surface area contributed by atoms with Crippen LogP contribution in [0.2, 0.25) is 0 Å². The van der Waals surface area contributed by atoms with Crippen molar-refractivity contribution >= 4 is 11.6 Å². The topological polar surface area (TPSA) is 9.23 Å². The number of hydrogen-bond donors (Lipinski definition) is 0. The fourth-order valence-corrected chi connectivity index (χ4v) is 2.27. The molecule has 100 valence electrons. The van der Waals surface area contributed by atoms with Gasteiger partial charge in [-0.2, -0.15) is 0 Å². The van der Waals surface area contributed by atoms with Gasteiger partial charge in [0.2, 0.25) is 0 Å². The van der Waals surface area contributed by atoms with Crippen LogP contribution >= 0.6 is 11.6 Å². The Morgan fingerprint density at radius 2 is 1.79 bits per heavy atom. The molecule has 0 aliphatic rings. The smallest absolute Gasteiger partial charge is 0.123 e. The molecule has 1 unspecified atom stereocenters. The minimum absolute atomic E-state index is 0.258. The van der Waals surface area contributed by atoms with Gasteiger partial charge in [0, 0.05) is 0 Å². The van der Waals surface area contributed by atoms with Crippen molar-refractivity contribution in [3.63, 3.8) is 0 Å². The average Bonchev–Trinajstić information content (AvgIpc) is 2.38. The molecule has 0 spiro atoms. The van der Waals surface area contributed by atoms with Crippen molar-refractivity contribution < 1.29 is 9.13 Å². The molecule has 0 N–H and O–H groups in total. The second kappa shape index (κ2) is 6.07. The Morgan fingerprint density at radius 3 is 2.37 bits per heavy atom. The number of hydrogen-bond acceptors (Lipinski definition) is 1. The van der Waals surface area contributed by atoms with E-state index in [0.717, 1.165) is 22.4 Å². The first-order valence-electron chi connectivity index (χ1n) is 6.24. The first-order chi connectivity index (χ1) is 9.10. The fraction of sp³-hybridized carbons (Fsp3) is 0.250. The summed E-state index contributed by atoms with van der Waals surface area (Å²) in [5.74, 6) is 0.553. The maximum Gasteiger partial charge on any atom is 0.123 e. The highest BCUT2D eigenvalue weighted by molar-refractivity contribution is 6.22. The van der Waals surface area contributed by atoms with Crippen LogP contribution in [0.5, 0.6) is 5.75 Å².